The molecule has 25 heavy (non-hydrogen) atoms. The van der Waals surface area contributed by atoms with E-state index in [1.54, 1.807) is 0 Å². The number of carbonyl (C=O) groups is 2. The molecule has 0 aromatic heterocycles. The molecule has 1 atom stereocenters. The van der Waals surface area contributed by atoms with E-state index in [0.717, 1.165) is 25.7 Å². The summed E-state index contributed by atoms with van der Waals surface area (Å²) in [6.07, 6.45) is 6.51. The summed E-state index contributed by atoms with van der Waals surface area (Å²) in [5, 5.41) is 8.76. The SMILES string of the molecule is CCCCCCOC(=O)C(C)(CC)CC(C)(C)C(=O)OCCCCO. The first-order chi connectivity index (χ1) is 11.7. The molecular formula is C20H38O5. The van der Waals surface area contributed by atoms with Crippen LogP contribution in [0.5, 0.6) is 0 Å². The van der Waals surface area contributed by atoms with Gasteiger partial charge in [-0.1, -0.05) is 33.1 Å². The van der Waals surface area contributed by atoms with Crippen LogP contribution in [0.3, 0.4) is 0 Å². The Morgan fingerprint density at radius 1 is 0.840 bits per heavy atom. The smallest absolute Gasteiger partial charge is 0.311 e. The molecule has 5 heteroatoms. The molecule has 0 radical (unpaired) electrons. The van der Waals surface area contributed by atoms with E-state index in [0.29, 0.717) is 38.9 Å². The summed E-state index contributed by atoms with van der Waals surface area (Å²) >= 11 is 0. The number of aliphatic hydroxyl groups is 1. The van der Waals surface area contributed by atoms with Gasteiger partial charge in [-0.25, -0.2) is 0 Å². The molecule has 0 aliphatic heterocycles. The number of hydrogen-bond donors (Lipinski definition) is 1. The summed E-state index contributed by atoms with van der Waals surface area (Å²) in [6, 6.07) is 0. The molecule has 0 aliphatic carbocycles. The first kappa shape index (κ1) is 23.9. The van der Waals surface area contributed by atoms with Crippen LogP contribution in [0.4, 0.5) is 0 Å². The molecule has 0 saturated heterocycles. The second kappa shape index (κ2) is 12.3. The standard InChI is InChI=1S/C20H38O5/c1-6-8-9-11-14-25-18(23)20(5,7-2)16-19(3,4)17(22)24-15-12-10-13-21/h21H,6-16H2,1-5H3. The molecule has 0 bridgehead atoms. The molecule has 0 spiro atoms. The molecule has 0 amide bonds. The highest BCUT2D eigenvalue weighted by atomic mass is 16.5. The average molecular weight is 359 g/mol. The summed E-state index contributed by atoms with van der Waals surface area (Å²) in [5.41, 5.74) is -1.45. The Morgan fingerprint density at radius 2 is 1.40 bits per heavy atom. The van der Waals surface area contributed by atoms with Crippen LogP contribution < -0.4 is 0 Å². The summed E-state index contributed by atoms with van der Waals surface area (Å²) in [7, 11) is 0. The van der Waals surface area contributed by atoms with E-state index in [1.165, 1.54) is 0 Å². The number of esters is 2. The topological polar surface area (TPSA) is 72.8 Å². The Labute approximate surface area is 153 Å². The van der Waals surface area contributed by atoms with Gasteiger partial charge in [-0.2, -0.15) is 0 Å². The van der Waals surface area contributed by atoms with Gasteiger partial charge in [0.2, 0.25) is 0 Å². The van der Waals surface area contributed by atoms with Crippen LogP contribution in [0.25, 0.3) is 0 Å². The average Bonchev–Trinajstić information content (AvgIpc) is 2.57. The Kier molecular flexibility index (Phi) is 11.7. The van der Waals surface area contributed by atoms with Crippen molar-refractivity contribution in [2.45, 2.75) is 86.0 Å². The van der Waals surface area contributed by atoms with Gasteiger partial charge in [0.1, 0.15) is 0 Å². The molecular weight excluding hydrogens is 320 g/mol. The second-order valence-electron chi connectivity index (χ2n) is 7.74. The van der Waals surface area contributed by atoms with Crippen molar-refractivity contribution < 1.29 is 24.2 Å². The van der Waals surface area contributed by atoms with Crippen molar-refractivity contribution in [1.82, 2.24) is 0 Å². The molecule has 0 aliphatic rings. The maximum atomic E-state index is 12.5. The lowest BCUT2D eigenvalue weighted by atomic mass is 9.72. The Hall–Kier alpha value is -1.10. The number of hydrogen-bond acceptors (Lipinski definition) is 5. The lowest BCUT2D eigenvalue weighted by molar-refractivity contribution is -0.163. The van der Waals surface area contributed by atoms with E-state index < -0.39 is 10.8 Å². The van der Waals surface area contributed by atoms with Gasteiger partial charge in [0, 0.05) is 6.61 Å². The van der Waals surface area contributed by atoms with E-state index in [2.05, 4.69) is 6.92 Å². The number of aliphatic hydroxyl groups excluding tert-OH is 1. The quantitative estimate of drug-likeness (QED) is 0.371. The molecule has 0 rings (SSSR count). The molecule has 1 unspecified atom stereocenters. The predicted molar refractivity (Wildman–Crippen MR) is 99.2 cm³/mol. The fourth-order valence-corrected chi connectivity index (χ4v) is 2.83. The molecule has 0 saturated carbocycles. The first-order valence-electron chi connectivity index (χ1n) is 9.68. The van der Waals surface area contributed by atoms with Crippen LogP contribution in [-0.4, -0.2) is 36.9 Å². The summed E-state index contributed by atoms with van der Waals surface area (Å²) in [4.78, 5) is 24.9. The molecule has 0 fully saturated rings. The lowest BCUT2D eigenvalue weighted by Crippen LogP contribution is -2.38. The van der Waals surface area contributed by atoms with Gasteiger partial charge in [-0.05, 0) is 52.9 Å². The second-order valence-corrected chi connectivity index (χ2v) is 7.74. The Morgan fingerprint density at radius 3 is 1.92 bits per heavy atom. The van der Waals surface area contributed by atoms with Crippen molar-refractivity contribution in [3.63, 3.8) is 0 Å². The van der Waals surface area contributed by atoms with Gasteiger partial charge < -0.3 is 14.6 Å². The van der Waals surface area contributed by atoms with Crippen LogP contribution in [0, 0.1) is 10.8 Å². The summed E-state index contributed by atoms with van der Waals surface area (Å²) < 4.78 is 10.8. The zero-order valence-corrected chi connectivity index (χ0v) is 16.9. The van der Waals surface area contributed by atoms with Gasteiger partial charge in [-0.3, -0.25) is 9.59 Å². The third kappa shape index (κ3) is 9.24. The highest BCUT2D eigenvalue weighted by Gasteiger charge is 2.42. The van der Waals surface area contributed by atoms with Crippen LogP contribution in [0.15, 0.2) is 0 Å². The minimum absolute atomic E-state index is 0.0962. The molecule has 0 heterocycles. The van der Waals surface area contributed by atoms with Crippen LogP contribution in [-0.2, 0) is 19.1 Å². The predicted octanol–water partition coefficient (Wildman–Crippen LogP) is 4.26. The normalized spacial score (nSPS) is 14.0. The van der Waals surface area contributed by atoms with Gasteiger partial charge in [-0.15, -0.1) is 0 Å². The monoisotopic (exact) mass is 358 g/mol. The van der Waals surface area contributed by atoms with Gasteiger partial charge >= 0.3 is 11.9 Å². The first-order valence-corrected chi connectivity index (χ1v) is 9.68. The van der Waals surface area contributed by atoms with Crippen LogP contribution in [0.2, 0.25) is 0 Å². The van der Waals surface area contributed by atoms with Crippen molar-refractivity contribution in [3.8, 4) is 0 Å². The van der Waals surface area contributed by atoms with Crippen molar-refractivity contribution in [2.24, 2.45) is 10.8 Å². The fourth-order valence-electron chi connectivity index (χ4n) is 2.83. The van der Waals surface area contributed by atoms with Gasteiger partial charge in [0.05, 0.1) is 24.0 Å². The van der Waals surface area contributed by atoms with Crippen molar-refractivity contribution >= 4 is 11.9 Å². The Balaban J connectivity index is 4.56. The number of carbonyl (C=O) groups excluding carboxylic acids is 2. The van der Waals surface area contributed by atoms with Gasteiger partial charge in [0.15, 0.2) is 0 Å². The van der Waals surface area contributed by atoms with E-state index in [1.807, 2.05) is 27.7 Å². The summed E-state index contributed by atoms with van der Waals surface area (Å²) in [5.74, 6) is -0.534. The van der Waals surface area contributed by atoms with Crippen LogP contribution >= 0.6 is 0 Å². The highest BCUT2D eigenvalue weighted by molar-refractivity contribution is 5.80. The van der Waals surface area contributed by atoms with Crippen molar-refractivity contribution in [1.29, 1.82) is 0 Å². The maximum Gasteiger partial charge on any atom is 0.311 e. The number of ether oxygens (including phenoxy) is 2. The Bertz CT molecular complexity index is 392. The van der Waals surface area contributed by atoms with Gasteiger partial charge in [0.25, 0.3) is 0 Å². The third-order valence-electron chi connectivity index (χ3n) is 4.67. The highest BCUT2D eigenvalue weighted by Crippen LogP contribution is 2.38. The third-order valence-corrected chi connectivity index (χ3v) is 4.67. The fraction of sp³-hybridized carbons (Fsp3) is 0.900. The van der Waals surface area contributed by atoms with E-state index >= 15 is 0 Å². The molecule has 0 aromatic rings. The lowest BCUT2D eigenvalue weighted by Gasteiger charge is -2.33. The van der Waals surface area contributed by atoms with Crippen molar-refractivity contribution in [3.05, 3.63) is 0 Å². The summed E-state index contributed by atoms with van der Waals surface area (Å²) in [6.45, 7) is 10.4. The zero-order chi connectivity index (χ0) is 19.3. The molecule has 5 nitrogen and oxygen atoms in total. The minimum Gasteiger partial charge on any atom is -0.465 e. The van der Waals surface area contributed by atoms with E-state index in [9.17, 15) is 9.59 Å². The number of unbranched alkanes of at least 4 members (excludes halogenated alkanes) is 4. The van der Waals surface area contributed by atoms with E-state index in [-0.39, 0.29) is 18.5 Å². The molecule has 1 N–H and O–H groups in total. The minimum atomic E-state index is -0.759. The largest absolute Gasteiger partial charge is 0.465 e. The van der Waals surface area contributed by atoms with Crippen molar-refractivity contribution in [2.75, 3.05) is 19.8 Å². The maximum absolute atomic E-state index is 12.5. The number of rotatable bonds is 14. The zero-order valence-electron chi connectivity index (χ0n) is 16.9. The van der Waals surface area contributed by atoms with E-state index in [4.69, 9.17) is 14.6 Å². The molecule has 0 aromatic carbocycles. The van der Waals surface area contributed by atoms with Crippen LogP contribution in [0.1, 0.15) is 86.0 Å². The molecule has 148 valence electrons.